The molecule has 2 aliphatic carbocycles. The molecule has 0 unspecified atom stereocenters. The van der Waals surface area contributed by atoms with E-state index in [0.717, 1.165) is 24.5 Å². The van der Waals surface area contributed by atoms with Crippen LogP contribution in [-0.4, -0.2) is 34.5 Å². The molecule has 1 aromatic heterocycles. The number of rotatable bonds is 6. The standard InChI is InChI=1S/C20H31N3OS2/c24-19(22-16-8-3-1-2-4-9-16)14-21-20(25)23(17-10-5-6-11-17)15-18-12-7-13-26-18/h7,12-13,16-17H,1-6,8-11,14-15H2,(H,21,25)(H,22,24). The van der Waals surface area contributed by atoms with Gasteiger partial charge in [0.2, 0.25) is 5.91 Å². The number of nitrogens with zero attached hydrogens (tertiary/aromatic N) is 1. The van der Waals surface area contributed by atoms with Crippen LogP contribution in [0.3, 0.4) is 0 Å². The highest BCUT2D eigenvalue weighted by Crippen LogP contribution is 2.26. The Morgan fingerprint density at radius 2 is 1.81 bits per heavy atom. The maximum atomic E-state index is 12.3. The molecular formula is C20H31N3OS2. The number of carbonyl (C=O) groups is 1. The number of carbonyl (C=O) groups excluding carboxylic acids is 1. The molecule has 0 aliphatic heterocycles. The van der Waals surface area contributed by atoms with Crippen molar-refractivity contribution in [1.82, 2.24) is 15.5 Å². The lowest BCUT2D eigenvalue weighted by Gasteiger charge is -2.31. The molecule has 0 bridgehead atoms. The highest BCUT2D eigenvalue weighted by atomic mass is 32.1. The van der Waals surface area contributed by atoms with Gasteiger partial charge < -0.3 is 15.5 Å². The van der Waals surface area contributed by atoms with Crippen molar-refractivity contribution in [3.63, 3.8) is 0 Å². The van der Waals surface area contributed by atoms with Crippen molar-refractivity contribution < 1.29 is 4.79 Å². The Morgan fingerprint density at radius 1 is 1.12 bits per heavy atom. The van der Waals surface area contributed by atoms with Crippen molar-refractivity contribution in [2.75, 3.05) is 6.54 Å². The molecule has 144 valence electrons. The quantitative estimate of drug-likeness (QED) is 0.561. The second kappa shape index (κ2) is 10.3. The first-order valence-electron chi connectivity index (χ1n) is 10.1. The van der Waals surface area contributed by atoms with Crippen LogP contribution in [0.15, 0.2) is 17.5 Å². The highest BCUT2D eigenvalue weighted by molar-refractivity contribution is 7.80. The van der Waals surface area contributed by atoms with E-state index in [4.69, 9.17) is 12.2 Å². The Hall–Kier alpha value is -1.14. The van der Waals surface area contributed by atoms with Crippen molar-refractivity contribution in [2.24, 2.45) is 0 Å². The average Bonchev–Trinajstić information content (AvgIpc) is 3.29. The maximum Gasteiger partial charge on any atom is 0.239 e. The zero-order valence-electron chi connectivity index (χ0n) is 15.5. The van der Waals surface area contributed by atoms with Crippen molar-refractivity contribution in [3.05, 3.63) is 22.4 Å². The number of thiocarbonyl (C=S) groups is 1. The molecule has 1 amide bonds. The lowest BCUT2D eigenvalue weighted by Crippen LogP contribution is -2.48. The topological polar surface area (TPSA) is 44.4 Å². The molecule has 4 nitrogen and oxygen atoms in total. The minimum absolute atomic E-state index is 0.0711. The van der Waals surface area contributed by atoms with Crippen molar-refractivity contribution in [1.29, 1.82) is 0 Å². The van der Waals surface area contributed by atoms with Crippen LogP contribution in [0, 0.1) is 0 Å². The molecule has 0 radical (unpaired) electrons. The number of nitrogens with one attached hydrogen (secondary N) is 2. The largest absolute Gasteiger partial charge is 0.353 e. The van der Waals surface area contributed by atoms with E-state index < -0.39 is 0 Å². The summed E-state index contributed by atoms with van der Waals surface area (Å²) in [6.07, 6.45) is 12.2. The third kappa shape index (κ3) is 5.95. The van der Waals surface area contributed by atoms with E-state index in [-0.39, 0.29) is 12.5 Å². The zero-order chi connectivity index (χ0) is 18.2. The number of hydrogen-bond acceptors (Lipinski definition) is 3. The van der Waals surface area contributed by atoms with Gasteiger partial charge in [0, 0.05) is 17.0 Å². The summed E-state index contributed by atoms with van der Waals surface area (Å²) in [6.45, 7) is 1.13. The van der Waals surface area contributed by atoms with Crippen molar-refractivity contribution in [3.8, 4) is 0 Å². The van der Waals surface area contributed by atoms with Gasteiger partial charge in [-0.1, -0.05) is 44.6 Å². The van der Waals surface area contributed by atoms with Crippen LogP contribution in [0.5, 0.6) is 0 Å². The van der Waals surface area contributed by atoms with E-state index in [9.17, 15) is 4.79 Å². The van der Waals surface area contributed by atoms with E-state index >= 15 is 0 Å². The fourth-order valence-electron chi connectivity index (χ4n) is 4.11. The van der Waals surface area contributed by atoms with Gasteiger partial charge in [0.1, 0.15) is 0 Å². The molecule has 2 saturated carbocycles. The van der Waals surface area contributed by atoms with Crippen LogP contribution in [0.1, 0.15) is 69.1 Å². The van der Waals surface area contributed by atoms with Crippen LogP contribution in [0.25, 0.3) is 0 Å². The first kappa shape index (κ1) is 19.6. The molecule has 0 spiro atoms. The van der Waals surface area contributed by atoms with Crippen LogP contribution in [0.4, 0.5) is 0 Å². The summed E-state index contributed by atoms with van der Waals surface area (Å²) in [4.78, 5) is 16.0. The Morgan fingerprint density at radius 3 is 2.46 bits per heavy atom. The molecule has 2 aliphatic rings. The third-order valence-corrected chi connectivity index (χ3v) is 6.79. The molecule has 6 heteroatoms. The fraction of sp³-hybridized carbons (Fsp3) is 0.700. The van der Waals surface area contributed by atoms with Gasteiger partial charge >= 0.3 is 0 Å². The maximum absolute atomic E-state index is 12.3. The van der Waals surface area contributed by atoms with E-state index in [1.54, 1.807) is 11.3 Å². The van der Waals surface area contributed by atoms with Gasteiger partial charge in [-0.05, 0) is 49.3 Å². The Labute approximate surface area is 166 Å². The van der Waals surface area contributed by atoms with Gasteiger partial charge in [-0.3, -0.25) is 4.79 Å². The number of thiophene rings is 1. The van der Waals surface area contributed by atoms with Gasteiger partial charge in [-0.15, -0.1) is 11.3 Å². The smallest absolute Gasteiger partial charge is 0.239 e. The van der Waals surface area contributed by atoms with Crippen LogP contribution < -0.4 is 10.6 Å². The normalized spacial score (nSPS) is 19.1. The monoisotopic (exact) mass is 393 g/mol. The van der Waals surface area contributed by atoms with Gasteiger partial charge in [0.05, 0.1) is 13.1 Å². The second-order valence-electron chi connectivity index (χ2n) is 7.56. The minimum Gasteiger partial charge on any atom is -0.353 e. The van der Waals surface area contributed by atoms with Gasteiger partial charge in [0.15, 0.2) is 5.11 Å². The van der Waals surface area contributed by atoms with Crippen LogP contribution in [0.2, 0.25) is 0 Å². The molecule has 1 heterocycles. The van der Waals surface area contributed by atoms with E-state index in [2.05, 4.69) is 33.0 Å². The van der Waals surface area contributed by atoms with Crippen molar-refractivity contribution in [2.45, 2.75) is 82.8 Å². The Balaban J connectivity index is 1.49. The van der Waals surface area contributed by atoms with Crippen LogP contribution in [-0.2, 0) is 11.3 Å². The lowest BCUT2D eigenvalue weighted by atomic mass is 10.1. The summed E-state index contributed by atoms with van der Waals surface area (Å²) in [5, 5.41) is 9.25. The molecule has 2 N–H and O–H groups in total. The predicted octanol–water partition coefficient (Wildman–Crippen LogP) is 4.21. The van der Waals surface area contributed by atoms with E-state index in [1.807, 2.05) is 0 Å². The predicted molar refractivity (Wildman–Crippen MR) is 112 cm³/mol. The van der Waals surface area contributed by atoms with Crippen molar-refractivity contribution >= 4 is 34.6 Å². The molecule has 0 saturated heterocycles. The molecule has 26 heavy (non-hydrogen) atoms. The molecule has 1 aromatic rings. The molecule has 2 fully saturated rings. The first-order chi connectivity index (χ1) is 12.7. The summed E-state index contributed by atoms with van der Waals surface area (Å²) < 4.78 is 0. The number of hydrogen-bond donors (Lipinski definition) is 2. The van der Waals surface area contributed by atoms with Gasteiger partial charge in [-0.25, -0.2) is 0 Å². The molecular weight excluding hydrogens is 362 g/mol. The zero-order valence-corrected chi connectivity index (χ0v) is 17.2. The summed E-state index contributed by atoms with van der Waals surface area (Å²) in [6, 6.07) is 5.09. The molecule has 0 aromatic carbocycles. The second-order valence-corrected chi connectivity index (χ2v) is 8.98. The fourth-order valence-corrected chi connectivity index (χ4v) is 5.10. The highest BCUT2D eigenvalue weighted by Gasteiger charge is 2.25. The summed E-state index contributed by atoms with van der Waals surface area (Å²) in [5.74, 6) is 0.0711. The lowest BCUT2D eigenvalue weighted by molar-refractivity contribution is -0.120. The number of amides is 1. The average molecular weight is 394 g/mol. The summed E-state index contributed by atoms with van der Waals surface area (Å²) in [5.41, 5.74) is 0. The summed E-state index contributed by atoms with van der Waals surface area (Å²) >= 11 is 7.44. The molecule has 3 rings (SSSR count). The van der Waals surface area contributed by atoms with E-state index in [1.165, 1.54) is 56.2 Å². The Bertz CT molecular complexity index is 562. The van der Waals surface area contributed by atoms with Gasteiger partial charge in [0.25, 0.3) is 0 Å². The summed E-state index contributed by atoms with van der Waals surface area (Å²) in [7, 11) is 0. The SMILES string of the molecule is O=C(CNC(=S)N(Cc1cccs1)C1CCCC1)NC1CCCCCC1. The van der Waals surface area contributed by atoms with E-state index in [0.29, 0.717) is 12.1 Å². The molecule has 0 atom stereocenters. The first-order valence-corrected chi connectivity index (χ1v) is 11.4. The Kier molecular flexibility index (Phi) is 7.74. The van der Waals surface area contributed by atoms with Crippen LogP contribution >= 0.6 is 23.6 Å². The third-order valence-electron chi connectivity index (χ3n) is 5.55. The minimum atomic E-state index is 0.0711. The van der Waals surface area contributed by atoms with Gasteiger partial charge in [-0.2, -0.15) is 0 Å².